The third-order valence-electron chi connectivity index (χ3n) is 5.19. The van der Waals surface area contributed by atoms with E-state index >= 15 is 0 Å². The topological polar surface area (TPSA) is 74.1 Å². The summed E-state index contributed by atoms with van der Waals surface area (Å²) in [4.78, 5) is 12.3. The van der Waals surface area contributed by atoms with Crippen LogP contribution in [-0.4, -0.2) is 6.03 Å². The highest BCUT2D eigenvalue weighted by atomic mass is 35.5. The number of nitrogens with zero attached hydrogens (tertiary/aromatic N) is 1. The fraction of sp³-hybridized carbons (Fsp3) is 0.300. The first-order valence-electron chi connectivity index (χ1n) is 8.83. The highest BCUT2D eigenvalue weighted by Crippen LogP contribution is 2.50. The minimum Gasteiger partial charge on any atom is -0.452 e. The molecule has 1 fully saturated rings. The number of hydrogen-bond donors (Lipinski definition) is 2. The van der Waals surface area contributed by atoms with E-state index in [-0.39, 0.29) is 17.3 Å². The second-order valence-electron chi connectivity index (χ2n) is 6.85. The molecule has 27 heavy (non-hydrogen) atoms. The highest BCUT2D eigenvalue weighted by molar-refractivity contribution is 6.34. The number of hydrogen-bond acceptors (Lipinski definition) is 3. The van der Waals surface area contributed by atoms with Crippen molar-refractivity contribution in [3.8, 4) is 17.6 Å². The van der Waals surface area contributed by atoms with Crippen molar-refractivity contribution in [2.45, 2.75) is 37.6 Å². The van der Waals surface area contributed by atoms with Gasteiger partial charge in [-0.15, -0.1) is 0 Å². The van der Waals surface area contributed by atoms with Crippen LogP contribution in [0.2, 0.25) is 5.02 Å². The van der Waals surface area contributed by atoms with Gasteiger partial charge in [-0.2, -0.15) is 5.26 Å². The minimum atomic E-state index is -0.622. The molecule has 4 rings (SSSR count). The molecule has 0 saturated heterocycles. The van der Waals surface area contributed by atoms with E-state index in [9.17, 15) is 14.4 Å². The lowest BCUT2D eigenvalue weighted by atomic mass is 9.74. The third-order valence-corrected chi connectivity index (χ3v) is 5.51. The van der Waals surface area contributed by atoms with Crippen LogP contribution in [0, 0.1) is 17.1 Å². The highest BCUT2D eigenvalue weighted by Gasteiger charge is 2.43. The smallest absolute Gasteiger partial charge is 0.319 e. The normalized spacial score (nSPS) is 17.4. The number of carbonyl (C=O) groups excluding carboxylic acids is 1. The van der Waals surface area contributed by atoms with Gasteiger partial charge in [-0.3, -0.25) is 0 Å². The van der Waals surface area contributed by atoms with E-state index in [1.807, 2.05) is 6.07 Å². The fourth-order valence-corrected chi connectivity index (χ4v) is 4.21. The molecule has 1 aliphatic heterocycles. The molecule has 1 heterocycles. The Hall–Kier alpha value is -2.78. The van der Waals surface area contributed by atoms with Gasteiger partial charge in [0.25, 0.3) is 0 Å². The molecule has 1 saturated carbocycles. The van der Waals surface area contributed by atoms with Crippen LogP contribution in [0.5, 0.6) is 11.5 Å². The summed E-state index contributed by atoms with van der Waals surface area (Å²) in [5.74, 6) is -0.374. The lowest BCUT2D eigenvalue weighted by molar-refractivity contribution is 0.206. The molecule has 2 aliphatic rings. The Balaban J connectivity index is 1.88. The van der Waals surface area contributed by atoms with Crippen LogP contribution in [-0.2, 0) is 5.54 Å². The molecule has 0 atom stereocenters. The molecule has 2 N–H and O–H groups in total. The van der Waals surface area contributed by atoms with Crippen molar-refractivity contribution in [2.24, 2.45) is 0 Å². The maximum atomic E-state index is 14.3. The number of amides is 2. The number of nitrogens with one attached hydrogen (secondary N) is 2. The zero-order valence-electron chi connectivity index (χ0n) is 14.4. The quantitative estimate of drug-likeness (QED) is 0.723. The number of ether oxygens (including phenoxy) is 1. The number of fused-ring (bicyclic) bond motifs is 2. The molecule has 0 bridgehead atoms. The van der Waals surface area contributed by atoms with Crippen molar-refractivity contribution in [1.29, 1.82) is 5.26 Å². The molecule has 1 aliphatic carbocycles. The monoisotopic (exact) mass is 385 g/mol. The van der Waals surface area contributed by atoms with Crippen molar-refractivity contribution >= 4 is 23.3 Å². The van der Waals surface area contributed by atoms with Crippen molar-refractivity contribution in [2.75, 3.05) is 5.32 Å². The Morgan fingerprint density at radius 2 is 1.96 bits per heavy atom. The summed E-state index contributed by atoms with van der Waals surface area (Å²) in [6.07, 6.45) is 4.48. The number of carbonyl (C=O) groups is 1. The van der Waals surface area contributed by atoms with E-state index in [1.165, 1.54) is 18.2 Å². The number of para-hydroxylation sites is 1. The largest absolute Gasteiger partial charge is 0.452 e. The van der Waals surface area contributed by atoms with Crippen LogP contribution in [0.3, 0.4) is 0 Å². The van der Waals surface area contributed by atoms with E-state index in [4.69, 9.17) is 16.3 Å². The standard InChI is InChI=1S/C20H17ClFN3O2/c21-13-7-8-15(27-18-12(11-23)5-4-6-14(18)22)16-17(13)24-19(26)25-20(16)9-2-1-3-10-20/h4-8H,1-3,9-10H2,(H2,24,25,26). The van der Waals surface area contributed by atoms with Gasteiger partial charge in [-0.25, -0.2) is 9.18 Å². The summed E-state index contributed by atoms with van der Waals surface area (Å²) >= 11 is 6.35. The second-order valence-corrected chi connectivity index (χ2v) is 7.25. The molecule has 7 heteroatoms. The molecule has 1 spiro atoms. The first-order valence-corrected chi connectivity index (χ1v) is 9.20. The minimum absolute atomic E-state index is 0.101. The first-order chi connectivity index (χ1) is 13.0. The average Bonchev–Trinajstić information content (AvgIpc) is 2.66. The lowest BCUT2D eigenvalue weighted by Crippen LogP contribution is -2.52. The van der Waals surface area contributed by atoms with E-state index in [0.717, 1.165) is 32.1 Å². The van der Waals surface area contributed by atoms with Crippen molar-refractivity contribution in [3.63, 3.8) is 0 Å². The van der Waals surface area contributed by atoms with Gasteiger partial charge in [0.1, 0.15) is 11.8 Å². The number of benzene rings is 2. The molecule has 0 unspecified atom stereocenters. The predicted octanol–water partition coefficient (Wildman–Crippen LogP) is 5.44. The Bertz CT molecular complexity index is 964. The number of anilines is 1. The van der Waals surface area contributed by atoms with Crippen LogP contribution < -0.4 is 15.4 Å². The van der Waals surface area contributed by atoms with Gasteiger partial charge >= 0.3 is 6.03 Å². The average molecular weight is 386 g/mol. The molecule has 138 valence electrons. The molecule has 0 aromatic heterocycles. The lowest BCUT2D eigenvalue weighted by Gasteiger charge is -2.43. The van der Waals surface area contributed by atoms with Crippen molar-refractivity contribution in [1.82, 2.24) is 5.32 Å². The molecule has 2 aromatic carbocycles. The summed E-state index contributed by atoms with van der Waals surface area (Å²) < 4.78 is 20.2. The summed E-state index contributed by atoms with van der Waals surface area (Å²) in [5, 5.41) is 15.5. The van der Waals surface area contributed by atoms with E-state index in [0.29, 0.717) is 22.0 Å². The maximum absolute atomic E-state index is 14.3. The summed E-state index contributed by atoms with van der Waals surface area (Å²) in [5.41, 5.74) is 0.675. The van der Waals surface area contributed by atoms with Crippen LogP contribution in [0.15, 0.2) is 30.3 Å². The van der Waals surface area contributed by atoms with Gasteiger partial charge < -0.3 is 15.4 Å². The van der Waals surface area contributed by atoms with Gasteiger partial charge in [0.05, 0.1) is 21.8 Å². The molecular formula is C20H17ClFN3O2. The van der Waals surface area contributed by atoms with Crippen LogP contribution in [0.1, 0.15) is 43.2 Å². The van der Waals surface area contributed by atoms with Crippen molar-refractivity contribution < 1.29 is 13.9 Å². The number of nitriles is 1. The SMILES string of the molecule is N#Cc1cccc(F)c1Oc1ccc(Cl)c2c1C1(CCCCC1)NC(=O)N2. The Kier molecular flexibility index (Phi) is 4.40. The van der Waals surface area contributed by atoms with Gasteiger partial charge in [-0.1, -0.05) is 36.9 Å². The van der Waals surface area contributed by atoms with E-state index in [1.54, 1.807) is 12.1 Å². The van der Waals surface area contributed by atoms with Crippen molar-refractivity contribution in [3.05, 3.63) is 52.3 Å². The van der Waals surface area contributed by atoms with E-state index in [2.05, 4.69) is 10.6 Å². The molecule has 2 aromatic rings. The van der Waals surface area contributed by atoms with Gasteiger partial charge in [0, 0.05) is 5.56 Å². The summed E-state index contributed by atoms with van der Waals surface area (Å²) in [6, 6.07) is 9.10. The number of halogens is 2. The number of urea groups is 1. The number of rotatable bonds is 2. The summed E-state index contributed by atoms with van der Waals surface area (Å²) in [7, 11) is 0. The van der Waals surface area contributed by atoms with Crippen LogP contribution in [0.4, 0.5) is 14.9 Å². The van der Waals surface area contributed by atoms with Crippen LogP contribution in [0.25, 0.3) is 0 Å². The molecule has 0 radical (unpaired) electrons. The van der Waals surface area contributed by atoms with Crippen LogP contribution >= 0.6 is 11.6 Å². The third kappa shape index (κ3) is 2.98. The fourth-order valence-electron chi connectivity index (χ4n) is 4.01. The van der Waals surface area contributed by atoms with Gasteiger partial charge in [0.15, 0.2) is 11.6 Å². The van der Waals surface area contributed by atoms with E-state index < -0.39 is 11.4 Å². The molecule has 2 amide bonds. The molecular weight excluding hydrogens is 369 g/mol. The van der Waals surface area contributed by atoms with Gasteiger partial charge in [-0.05, 0) is 37.1 Å². The Labute approximate surface area is 161 Å². The molecule has 5 nitrogen and oxygen atoms in total. The zero-order valence-corrected chi connectivity index (χ0v) is 15.2. The summed E-state index contributed by atoms with van der Waals surface area (Å²) in [6.45, 7) is 0. The zero-order chi connectivity index (χ0) is 19.0. The van der Waals surface area contributed by atoms with Gasteiger partial charge in [0.2, 0.25) is 0 Å². The Morgan fingerprint density at radius 3 is 2.70 bits per heavy atom. The predicted molar refractivity (Wildman–Crippen MR) is 99.6 cm³/mol. The Morgan fingerprint density at radius 1 is 1.19 bits per heavy atom. The maximum Gasteiger partial charge on any atom is 0.319 e. The first kappa shape index (κ1) is 17.6. The second kappa shape index (κ2) is 6.75.